The van der Waals surface area contributed by atoms with E-state index in [1.807, 2.05) is 24.4 Å². The molecule has 2 unspecified atom stereocenters. The van der Waals surface area contributed by atoms with Crippen LogP contribution in [0, 0.1) is 11.5 Å². The number of hydrogen-bond donors (Lipinski definition) is 0. The van der Waals surface area contributed by atoms with E-state index >= 15 is 0 Å². The van der Waals surface area contributed by atoms with Crippen molar-refractivity contribution >= 4 is 10.8 Å². The number of hydrogen-bond acceptors (Lipinski definition) is 3. The molecule has 2 atom stereocenters. The van der Waals surface area contributed by atoms with Crippen LogP contribution in [-0.4, -0.2) is 15.0 Å². The molecule has 6 rings (SSSR count). The third kappa shape index (κ3) is 2.60. The van der Waals surface area contributed by atoms with Crippen LogP contribution in [0.3, 0.4) is 0 Å². The number of pyridine rings is 1. The van der Waals surface area contributed by atoms with Crippen LogP contribution in [0.15, 0.2) is 60.9 Å². The molecule has 2 aliphatic carbocycles. The Balaban J connectivity index is 0.00000216. The van der Waals surface area contributed by atoms with E-state index in [0.29, 0.717) is 0 Å². The first-order valence-corrected chi connectivity index (χ1v) is 11.1. The second-order valence-corrected chi connectivity index (χ2v) is 10.1. The predicted molar refractivity (Wildman–Crippen MR) is 125 cm³/mol. The van der Waals surface area contributed by atoms with Crippen molar-refractivity contribution in [2.24, 2.45) is 5.41 Å². The van der Waals surface area contributed by atoms with Crippen molar-refractivity contribution in [3.63, 3.8) is 0 Å². The monoisotopic (exact) mass is 597 g/mol. The third-order valence-corrected chi connectivity index (χ3v) is 8.75. The van der Waals surface area contributed by atoms with Gasteiger partial charge in [-0.1, -0.05) is 69.0 Å². The van der Waals surface area contributed by atoms with Crippen LogP contribution in [0.4, 0.5) is 0 Å². The first-order chi connectivity index (χ1) is 14.9. The summed E-state index contributed by atoms with van der Waals surface area (Å²) in [7, 11) is 0. The number of aromatic nitrogens is 3. The Labute approximate surface area is 203 Å². The van der Waals surface area contributed by atoms with Crippen LogP contribution in [0.1, 0.15) is 51.8 Å². The molecule has 0 N–H and O–H groups in total. The normalized spacial score (nSPS) is 24.9. The zero-order valence-corrected chi connectivity index (χ0v) is 21.3. The smallest absolute Gasteiger partial charge is 0.145 e. The van der Waals surface area contributed by atoms with E-state index in [1.165, 1.54) is 24.1 Å². The molecule has 2 aromatic carbocycles. The van der Waals surface area contributed by atoms with Crippen LogP contribution in [0.5, 0.6) is 0 Å². The molecule has 163 valence electrons. The fourth-order valence-electron chi connectivity index (χ4n) is 6.03. The van der Waals surface area contributed by atoms with E-state index in [0.717, 1.165) is 33.4 Å². The summed E-state index contributed by atoms with van der Waals surface area (Å²) >= 11 is 0. The predicted octanol–water partition coefficient (Wildman–Crippen LogP) is 6.51. The fraction of sp³-hybridized carbons (Fsp3) is 0.321. The second kappa shape index (κ2) is 7.04. The molecule has 1 saturated carbocycles. The van der Waals surface area contributed by atoms with Crippen molar-refractivity contribution in [1.29, 1.82) is 0 Å². The van der Waals surface area contributed by atoms with Gasteiger partial charge in [-0.05, 0) is 35.4 Å². The summed E-state index contributed by atoms with van der Waals surface area (Å²) in [5.74, 6) is 0.800. The number of rotatable bonds is 2. The SMILES string of the molecule is CC12CCC(C)(c3nc(-c4cc(-c5ccccn5)[c-]c5ccccc45)ncc31)C2(C)C.[Ir]. The molecule has 4 heteroatoms. The fourth-order valence-corrected chi connectivity index (χ4v) is 6.03. The molecule has 3 nitrogen and oxygen atoms in total. The summed E-state index contributed by atoms with van der Waals surface area (Å²) in [4.78, 5) is 14.7. The van der Waals surface area contributed by atoms with Gasteiger partial charge in [0.05, 0.1) is 5.69 Å². The molecule has 2 heterocycles. The van der Waals surface area contributed by atoms with Gasteiger partial charge in [0.2, 0.25) is 0 Å². The topological polar surface area (TPSA) is 38.7 Å². The van der Waals surface area contributed by atoms with Gasteiger partial charge in [0.15, 0.2) is 0 Å². The van der Waals surface area contributed by atoms with Gasteiger partial charge < -0.3 is 0 Å². The molecule has 2 aliphatic rings. The van der Waals surface area contributed by atoms with Gasteiger partial charge >= 0.3 is 0 Å². The van der Waals surface area contributed by atoms with Crippen molar-refractivity contribution in [3.05, 3.63) is 78.2 Å². The van der Waals surface area contributed by atoms with E-state index in [9.17, 15) is 0 Å². The zero-order valence-electron chi connectivity index (χ0n) is 18.9. The van der Waals surface area contributed by atoms with Gasteiger partial charge in [-0.25, -0.2) is 9.97 Å². The minimum Gasteiger partial charge on any atom is -0.295 e. The van der Waals surface area contributed by atoms with Gasteiger partial charge in [-0.2, -0.15) is 0 Å². The molecule has 0 amide bonds. The van der Waals surface area contributed by atoms with Crippen molar-refractivity contribution in [3.8, 4) is 22.6 Å². The van der Waals surface area contributed by atoms with Gasteiger partial charge in [0.25, 0.3) is 0 Å². The largest absolute Gasteiger partial charge is 0.295 e. The maximum absolute atomic E-state index is 5.26. The number of benzene rings is 2. The van der Waals surface area contributed by atoms with Gasteiger partial charge in [0, 0.05) is 49.0 Å². The Morgan fingerprint density at radius 1 is 0.875 bits per heavy atom. The second-order valence-electron chi connectivity index (χ2n) is 10.1. The Morgan fingerprint density at radius 3 is 2.41 bits per heavy atom. The third-order valence-electron chi connectivity index (χ3n) is 8.75. The average molecular weight is 597 g/mol. The van der Waals surface area contributed by atoms with Crippen molar-refractivity contribution in [2.75, 3.05) is 0 Å². The van der Waals surface area contributed by atoms with E-state index in [4.69, 9.17) is 9.97 Å². The summed E-state index contributed by atoms with van der Waals surface area (Å²) in [6, 6.07) is 20.0. The minimum absolute atomic E-state index is 0. The molecule has 1 fully saturated rings. The van der Waals surface area contributed by atoms with E-state index in [-0.39, 0.29) is 36.4 Å². The van der Waals surface area contributed by atoms with Crippen molar-refractivity contribution in [1.82, 2.24) is 15.0 Å². The Bertz CT molecular complexity index is 1350. The van der Waals surface area contributed by atoms with Crippen LogP contribution >= 0.6 is 0 Å². The average Bonchev–Trinajstić information content (AvgIpc) is 3.06. The van der Waals surface area contributed by atoms with E-state index < -0.39 is 0 Å². The van der Waals surface area contributed by atoms with Crippen LogP contribution in [0.2, 0.25) is 0 Å². The van der Waals surface area contributed by atoms with Crippen LogP contribution in [-0.2, 0) is 30.9 Å². The van der Waals surface area contributed by atoms with Crippen LogP contribution in [0.25, 0.3) is 33.4 Å². The maximum Gasteiger partial charge on any atom is 0.145 e. The standard InChI is InChI=1S/C28H26N3.Ir/c1-26(2)27(3)12-13-28(26,4)24-22(27)17-30-25(31-24)21-16-19(23-11-7-8-14-29-23)15-18-9-5-6-10-20(18)21;/h5-11,14,16-17H,12-13H2,1-4H3;/q-1;. The summed E-state index contributed by atoms with van der Waals surface area (Å²) < 4.78 is 0. The Hall–Kier alpha value is -2.42. The number of nitrogens with zero attached hydrogens (tertiary/aromatic N) is 3. The summed E-state index contributed by atoms with van der Waals surface area (Å²) in [5.41, 5.74) is 5.90. The first-order valence-electron chi connectivity index (χ1n) is 11.1. The van der Waals surface area contributed by atoms with E-state index in [2.05, 4.69) is 75.3 Å². The minimum atomic E-state index is 0. The molecule has 1 radical (unpaired) electrons. The summed E-state index contributed by atoms with van der Waals surface area (Å²) in [5, 5.41) is 2.19. The van der Waals surface area contributed by atoms with Crippen LogP contribution < -0.4 is 0 Å². The molecular weight excluding hydrogens is 571 g/mol. The van der Waals surface area contributed by atoms with Gasteiger partial charge in [-0.15, -0.1) is 23.6 Å². The molecule has 0 saturated heterocycles. The summed E-state index contributed by atoms with van der Waals surface area (Å²) in [6.45, 7) is 9.62. The van der Waals surface area contributed by atoms with Crippen molar-refractivity contribution in [2.45, 2.75) is 51.4 Å². The Morgan fingerprint density at radius 2 is 1.62 bits per heavy atom. The van der Waals surface area contributed by atoms with Gasteiger partial charge in [0.1, 0.15) is 5.82 Å². The molecule has 0 aliphatic heterocycles. The Kier molecular flexibility index (Phi) is 4.71. The van der Waals surface area contributed by atoms with Gasteiger partial charge in [-0.3, -0.25) is 4.98 Å². The molecule has 2 aromatic heterocycles. The summed E-state index contributed by atoms with van der Waals surface area (Å²) in [6.07, 6.45) is 6.32. The molecule has 32 heavy (non-hydrogen) atoms. The number of fused-ring (bicyclic) bond motifs is 6. The molecular formula is C28H26IrN3-. The zero-order chi connectivity index (χ0) is 21.4. The first kappa shape index (κ1) is 21.4. The van der Waals surface area contributed by atoms with E-state index in [1.54, 1.807) is 0 Å². The van der Waals surface area contributed by atoms with Crippen molar-refractivity contribution < 1.29 is 20.1 Å². The quantitative estimate of drug-likeness (QED) is 0.248. The molecule has 2 bridgehead atoms. The maximum atomic E-state index is 5.26. The molecule has 4 aromatic rings. The molecule has 0 spiro atoms.